The lowest BCUT2D eigenvalue weighted by Gasteiger charge is -2.24. The largest absolute Gasteiger partial charge is 0.472 e. The summed E-state index contributed by atoms with van der Waals surface area (Å²) in [6.07, 6.45) is -4.75. The second kappa shape index (κ2) is 13.9. The number of alkyl halides is 4. The van der Waals surface area contributed by atoms with Crippen LogP contribution in [-0.2, 0) is 10.9 Å². The Labute approximate surface area is 275 Å². The lowest BCUT2D eigenvalue weighted by atomic mass is 9.92. The Balaban J connectivity index is 1.54. The van der Waals surface area contributed by atoms with E-state index in [0.717, 1.165) is 18.6 Å². The van der Waals surface area contributed by atoms with Crippen LogP contribution in [0, 0.1) is 28.9 Å². The van der Waals surface area contributed by atoms with Gasteiger partial charge in [0, 0.05) is 24.6 Å². The number of nitrogens with one attached hydrogen (secondary N) is 2. The minimum atomic E-state index is -5.12. The number of aromatic nitrogens is 2. The van der Waals surface area contributed by atoms with Gasteiger partial charge in [-0.15, -0.1) is 11.3 Å². The van der Waals surface area contributed by atoms with Crippen LogP contribution in [0.2, 0.25) is 0 Å². The molecule has 2 aromatic heterocycles. The number of nitrogen functional groups attached to an aromatic ring is 1. The average Bonchev–Trinajstić information content (AvgIpc) is 3.62. The first-order valence-electron chi connectivity index (χ1n) is 15.4. The summed E-state index contributed by atoms with van der Waals surface area (Å²) in [6.45, 7) is 1.58. The third-order valence-electron chi connectivity index (χ3n) is 8.64. The van der Waals surface area contributed by atoms with Gasteiger partial charge in [-0.25, -0.2) is 13.2 Å². The van der Waals surface area contributed by atoms with Crippen molar-refractivity contribution in [1.29, 1.82) is 5.26 Å². The molecule has 2 aromatic carbocycles. The summed E-state index contributed by atoms with van der Waals surface area (Å²) < 4.78 is 108. The topological polar surface area (TPSA) is 127 Å². The smallest absolute Gasteiger partial charge is 0.417 e. The molecule has 4 atom stereocenters. The molecule has 256 valence electrons. The number of fused-ring (bicyclic) bond motifs is 2. The van der Waals surface area contributed by atoms with Gasteiger partial charge in [0.05, 0.1) is 40.5 Å². The molecule has 0 saturated carbocycles. The van der Waals surface area contributed by atoms with Gasteiger partial charge in [-0.3, -0.25) is 0 Å². The van der Waals surface area contributed by atoms with Crippen molar-refractivity contribution in [1.82, 2.24) is 20.6 Å². The molecule has 0 spiro atoms. The molecule has 2 saturated heterocycles. The molecule has 2 aliphatic rings. The zero-order valence-corrected chi connectivity index (χ0v) is 26.5. The predicted octanol–water partition coefficient (Wildman–Crippen LogP) is 6.12. The molecule has 16 heteroatoms. The Morgan fingerprint density at radius 2 is 1.96 bits per heavy atom. The van der Waals surface area contributed by atoms with Crippen LogP contribution in [0.25, 0.3) is 32.1 Å². The third-order valence-corrected chi connectivity index (χ3v) is 9.67. The van der Waals surface area contributed by atoms with Crippen LogP contribution in [0.15, 0.2) is 18.2 Å². The van der Waals surface area contributed by atoms with Crippen molar-refractivity contribution in [2.24, 2.45) is 5.92 Å². The van der Waals surface area contributed by atoms with E-state index in [1.165, 1.54) is 7.11 Å². The van der Waals surface area contributed by atoms with E-state index in [1.807, 2.05) is 0 Å². The Morgan fingerprint density at radius 3 is 2.71 bits per heavy atom. The van der Waals surface area contributed by atoms with Crippen LogP contribution in [-0.4, -0.2) is 68.2 Å². The maximum atomic E-state index is 16.8. The fraction of sp³-hybridized carbons (Fsp3) is 0.469. The zero-order valence-electron chi connectivity index (χ0n) is 25.7. The molecule has 0 bridgehead atoms. The molecule has 6 rings (SSSR count). The molecule has 2 fully saturated rings. The minimum Gasteiger partial charge on any atom is -0.472 e. The van der Waals surface area contributed by atoms with Gasteiger partial charge >= 0.3 is 12.2 Å². The SMILES string of the molecule is COC[C@H]1NCC[C@H]1Oc1nc(OC[C@@H]2CCCNC[C@H](F)C2)nc2c(F)c(-c3ccc(F)c4sc(N)c(C#N)c34)c(C(F)(F)F)cc12. The first kappa shape index (κ1) is 34.0. The lowest BCUT2D eigenvalue weighted by Crippen LogP contribution is -2.38. The van der Waals surface area contributed by atoms with Gasteiger partial charge in [-0.05, 0) is 62.4 Å². The number of rotatable bonds is 8. The standard InChI is InChI=1S/C32H32F6N6O3S/c1-45-14-22-23(6-8-42-22)47-30-18-10-20(32(36,37)38)25(17-4-5-21(34)28-24(17)19(11-39)29(40)48-28)26(35)27(18)43-31(44-30)46-13-15-3-2-7-41-12-16(33)9-15/h4-5,10,15-16,22-23,41-42H,2-3,6-9,12-14,40H2,1H3/t15-,16-,22-,23-/m1/s1. The molecule has 0 radical (unpaired) electrons. The van der Waals surface area contributed by atoms with Crippen molar-refractivity contribution < 1.29 is 40.6 Å². The second-order valence-corrected chi connectivity index (χ2v) is 12.9. The Bertz CT molecular complexity index is 1860. The van der Waals surface area contributed by atoms with Crippen LogP contribution >= 0.6 is 11.3 Å². The number of hydrogen-bond donors (Lipinski definition) is 3. The molecule has 4 aromatic rings. The summed E-state index contributed by atoms with van der Waals surface area (Å²) in [5.41, 5.74) is 2.36. The highest BCUT2D eigenvalue weighted by atomic mass is 32.1. The summed E-state index contributed by atoms with van der Waals surface area (Å²) in [7, 11) is 1.49. The maximum Gasteiger partial charge on any atom is 0.417 e. The summed E-state index contributed by atoms with van der Waals surface area (Å²) in [5, 5.41) is 15.3. The predicted molar refractivity (Wildman–Crippen MR) is 168 cm³/mol. The van der Waals surface area contributed by atoms with Crippen LogP contribution in [0.4, 0.5) is 31.3 Å². The van der Waals surface area contributed by atoms with Crippen LogP contribution in [0.3, 0.4) is 0 Å². The van der Waals surface area contributed by atoms with Gasteiger partial charge < -0.3 is 30.6 Å². The lowest BCUT2D eigenvalue weighted by molar-refractivity contribution is -0.137. The highest BCUT2D eigenvalue weighted by Crippen LogP contribution is 2.48. The third kappa shape index (κ3) is 6.69. The van der Waals surface area contributed by atoms with Crippen molar-refractivity contribution >= 4 is 37.3 Å². The van der Waals surface area contributed by atoms with Crippen LogP contribution in [0.5, 0.6) is 11.9 Å². The van der Waals surface area contributed by atoms with Gasteiger partial charge in [0.15, 0.2) is 5.82 Å². The molecule has 4 heterocycles. The number of nitriles is 1. The van der Waals surface area contributed by atoms with E-state index in [4.69, 9.17) is 19.9 Å². The second-order valence-electron chi connectivity index (χ2n) is 11.9. The number of methoxy groups -OCH3 is 1. The number of ether oxygens (including phenoxy) is 3. The van der Waals surface area contributed by atoms with Gasteiger partial charge in [-0.1, -0.05) is 6.07 Å². The number of halogens is 6. The molecule has 0 aliphatic carbocycles. The summed E-state index contributed by atoms with van der Waals surface area (Å²) >= 11 is 0.676. The normalized spacial score (nSPS) is 22.0. The van der Waals surface area contributed by atoms with Gasteiger partial charge in [-0.2, -0.15) is 28.4 Å². The average molecular weight is 695 g/mol. The van der Waals surface area contributed by atoms with E-state index < -0.39 is 46.7 Å². The molecule has 4 N–H and O–H groups in total. The van der Waals surface area contributed by atoms with Crippen molar-refractivity contribution in [3.8, 4) is 29.1 Å². The monoisotopic (exact) mass is 694 g/mol. The van der Waals surface area contributed by atoms with Crippen LogP contribution < -0.4 is 25.8 Å². The van der Waals surface area contributed by atoms with Crippen molar-refractivity contribution in [3.63, 3.8) is 0 Å². The van der Waals surface area contributed by atoms with E-state index in [0.29, 0.717) is 43.3 Å². The number of anilines is 1. The van der Waals surface area contributed by atoms with E-state index in [1.54, 1.807) is 6.07 Å². The molecule has 2 aliphatic heterocycles. The summed E-state index contributed by atoms with van der Waals surface area (Å²) in [4.78, 5) is 8.49. The van der Waals surface area contributed by atoms with Crippen molar-refractivity contribution in [2.45, 2.75) is 50.2 Å². The first-order valence-corrected chi connectivity index (χ1v) is 16.2. The van der Waals surface area contributed by atoms with Crippen molar-refractivity contribution in [2.75, 3.05) is 45.7 Å². The fourth-order valence-corrected chi connectivity index (χ4v) is 7.33. The Morgan fingerprint density at radius 1 is 1.15 bits per heavy atom. The number of thiophene rings is 1. The molecular weight excluding hydrogens is 662 g/mol. The number of benzene rings is 2. The Kier molecular flexibility index (Phi) is 9.84. The molecule has 48 heavy (non-hydrogen) atoms. The first-order chi connectivity index (χ1) is 23.0. The zero-order chi connectivity index (χ0) is 34.2. The highest BCUT2D eigenvalue weighted by Gasteiger charge is 2.39. The van der Waals surface area contributed by atoms with Crippen LogP contribution in [0.1, 0.15) is 36.8 Å². The highest BCUT2D eigenvalue weighted by molar-refractivity contribution is 7.23. The molecule has 0 unspecified atom stereocenters. The van der Waals surface area contributed by atoms with E-state index >= 15 is 4.39 Å². The van der Waals surface area contributed by atoms with E-state index in [-0.39, 0.29) is 81.6 Å². The van der Waals surface area contributed by atoms with Crippen molar-refractivity contribution in [3.05, 3.63) is 41.0 Å². The quantitative estimate of drug-likeness (QED) is 0.187. The van der Waals surface area contributed by atoms with E-state index in [2.05, 4.69) is 20.6 Å². The summed E-state index contributed by atoms with van der Waals surface area (Å²) in [6, 6.07) is 3.67. The van der Waals surface area contributed by atoms with Gasteiger partial charge in [0.25, 0.3) is 0 Å². The van der Waals surface area contributed by atoms with E-state index in [9.17, 15) is 27.2 Å². The molecule has 9 nitrogen and oxygen atoms in total. The van der Waals surface area contributed by atoms with Gasteiger partial charge in [0.2, 0.25) is 5.88 Å². The maximum absolute atomic E-state index is 16.8. The number of nitrogens with two attached hydrogens (primary N) is 1. The number of nitrogens with zero attached hydrogens (tertiary/aromatic N) is 3. The fourth-order valence-electron chi connectivity index (χ4n) is 6.38. The molecule has 0 amide bonds. The minimum absolute atomic E-state index is 0.0178. The molecular formula is C32H32F6N6O3S. The Hall–Kier alpha value is -3.91. The summed E-state index contributed by atoms with van der Waals surface area (Å²) in [5.74, 6) is -2.79. The van der Waals surface area contributed by atoms with Gasteiger partial charge in [0.1, 0.15) is 34.7 Å². The number of hydrogen-bond acceptors (Lipinski definition) is 10.